The minimum atomic E-state index is -3.47. The summed E-state index contributed by atoms with van der Waals surface area (Å²) in [5.74, 6) is 0. The van der Waals surface area contributed by atoms with Crippen molar-refractivity contribution in [3.05, 3.63) is 36.4 Å². The Morgan fingerprint density at radius 3 is 2.94 bits per heavy atom. The molecule has 0 radical (unpaired) electrons. The molecular formula is C9H12N4O2S. The second-order valence-corrected chi connectivity index (χ2v) is 5.14. The molecule has 86 valence electrons. The molecule has 2 N–H and O–H groups in total. The van der Waals surface area contributed by atoms with E-state index < -0.39 is 10.0 Å². The summed E-state index contributed by atoms with van der Waals surface area (Å²) in [7, 11) is -1.60. The van der Waals surface area contributed by atoms with E-state index in [9.17, 15) is 8.42 Å². The van der Waals surface area contributed by atoms with Gasteiger partial charge in [-0.05, 0) is 12.1 Å². The van der Waals surface area contributed by atoms with Crippen molar-refractivity contribution in [2.75, 3.05) is 0 Å². The van der Waals surface area contributed by atoms with E-state index in [-0.39, 0.29) is 11.4 Å². The normalized spacial score (nSPS) is 11.8. The molecule has 16 heavy (non-hydrogen) atoms. The molecule has 0 saturated heterocycles. The summed E-state index contributed by atoms with van der Waals surface area (Å²) in [6.07, 6.45) is 4.47. The van der Waals surface area contributed by atoms with Crippen molar-refractivity contribution in [3.63, 3.8) is 0 Å². The Labute approximate surface area is 93.3 Å². The van der Waals surface area contributed by atoms with Crippen molar-refractivity contribution in [3.8, 4) is 0 Å². The fourth-order valence-electron chi connectivity index (χ4n) is 1.32. The summed E-state index contributed by atoms with van der Waals surface area (Å²) in [6, 6.07) is 3.72. The van der Waals surface area contributed by atoms with E-state index in [0.717, 1.165) is 5.69 Å². The lowest BCUT2D eigenvalue weighted by Crippen LogP contribution is -2.23. The summed E-state index contributed by atoms with van der Waals surface area (Å²) >= 11 is 0. The van der Waals surface area contributed by atoms with Crippen LogP contribution in [0.4, 0.5) is 0 Å². The van der Waals surface area contributed by atoms with Crippen LogP contribution in [0.5, 0.6) is 0 Å². The highest BCUT2D eigenvalue weighted by atomic mass is 32.2. The van der Waals surface area contributed by atoms with Crippen LogP contribution < -0.4 is 4.72 Å². The Hall–Kier alpha value is -1.60. The van der Waals surface area contributed by atoms with E-state index in [1.54, 1.807) is 0 Å². The van der Waals surface area contributed by atoms with Gasteiger partial charge in [-0.1, -0.05) is 0 Å². The molecule has 0 spiro atoms. The van der Waals surface area contributed by atoms with E-state index >= 15 is 0 Å². The number of aromatic amines is 1. The molecule has 0 aromatic carbocycles. The standard InChI is InChI=1S/C9H12N4O2S/c1-13-4-2-3-8(13)5-12-16(14,15)9-6-10-11-7-9/h2-4,6-7,12H,5H2,1H3,(H,10,11). The highest BCUT2D eigenvalue weighted by Gasteiger charge is 2.14. The average Bonchev–Trinajstić information content (AvgIpc) is 2.85. The first-order valence-corrected chi connectivity index (χ1v) is 6.16. The largest absolute Gasteiger partial charge is 0.353 e. The predicted molar refractivity (Wildman–Crippen MR) is 58.0 cm³/mol. The minimum Gasteiger partial charge on any atom is -0.353 e. The predicted octanol–water partition coefficient (Wildman–Crippen LogP) is 0.227. The molecule has 7 heteroatoms. The summed E-state index contributed by atoms with van der Waals surface area (Å²) < 4.78 is 27.8. The average molecular weight is 240 g/mol. The molecule has 6 nitrogen and oxygen atoms in total. The SMILES string of the molecule is Cn1cccc1CNS(=O)(=O)c1cn[nH]c1. The molecule has 2 aromatic rings. The van der Waals surface area contributed by atoms with E-state index in [0.29, 0.717) is 0 Å². The molecule has 0 unspecified atom stereocenters. The Morgan fingerprint density at radius 1 is 1.56 bits per heavy atom. The van der Waals surface area contributed by atoms with Crippen molar-refractivity contribution in [1.29, 1.82) is 0 Å². The first-order chi connectivity index (χ1) is 7.59. The van der Waals surface area contributed by atoms with Gasteiger partial charge in [0.1, 0.15) is 4.90 Å². The van der Waals surface area contributed by atoms with Gasteiger partial charge in [-0.15, -0.1) is 0 Å². The molecule has 2 heterocycles. The van der Waals surface area contributed by atoms with Gasteiger partial charge in [0.05, 0.1) is 12.7 Å². The number of aromatic nitrogens is 3. The second kappa shape index (κ2) is 4.11. The number of H-pyrrole nitrogens is 1. The zero-order valence-electron chi connectivity index (χ0n) is 8.71. The highest BCUT2D eigenvalue weighted by molar-refractivity contribution is 7.89. The third-order valence-electron chi connectivity index (χ3n) is 2.28. The van der Waals surface area contributed by atoms with Gasteiger partial charge in [0, 0.05) is 25.1 Å². The lowest BCUT2D eigenvalue weighted by molar-refractivity contribution is 0.579. The Bertz CT molecular complexity index is 556. The lowest BCUT2D eigenvalue weighted by Gasteiger charge is -2.05. The van der Waals surface area contributed by atoms with Crippen LogP contribution in [0.2, 0.25) is 0 Å². The Kier molecular flexibility index (Phi) is 2.80. The molecule has 0 bridgehead atoms. The maximum Gasteiger partial charge on any atom is 0.244 e. The van der Waals surface area contributed by atoms with Gasteiger partial charge in [0.2, 0.25) is 10.0 Å². The fourth-order valence-corrected chi connectivity index (χ4v) is 2.22. The van der Waals surface area contributed by atoms with Crippen molar-refractivity contribution in [2.45, 2.75) is 11.4 Å². The third-order valence-corrected chi connectivity index (χ3v) is 3.65. The molecule has 2 aromatic heterocycles. The number of aryl methyl sites for hydroxylation is 1. The van der Waals surface area contributed by atoms with Gasteiger partial charge in [-0.2, -0.15) is 5.10 Å². The van der Waals surface area contributed by atoms with Gasteiger partial charge >= 0.3 is 0 Å². The Morgan fingerprint density at radius 2 is 2.38 bits per heavy atom. The van der Waals surface area contributed by atoms with Crippen molar-refractivity contribution in [1.82, 2.24) is 19.5 Å². The number of sulfonamides is 1. The molecule has 0 aliphatic rings. The smallest absolute Gasteiger partial charge is 0.244 e. The lowest BCUT2D eigenvalue weighted by atomic mass is 10.4. The van der Waals surface area contributed by atoms with Crippen LogP contribution in [0.3, 0.4) is 0 Å². The summed E-state index contributed by atoms with van der Waals surface area (Å²) in [5.41, 5.74) is 0.895. The zero-order valence-corrected chi connectivity index (χ0v) is 9.53. The summed E-state index contributed by atoms with van der Waals surface area (Å²) in [4.78, 5) is 0.140. The van der Waals surface area contributed by atoms with Crippen LogP contribution in [-0.4, -0.2) is 23.2 Å². The molecule has 0 fully saturated rings. The van der Waals surface area contributed by atoms with Crippen LogP contribution in [0.1, 0.15) is 5.69 Å². The van der Waals surface area contributed by atoms with Crippen LogP contribution >= 0.6 is 0 Å². The number of hydrogen-bond donors (Lipinski definition) is 2. The van der Waals surface area contributed by atoms with E-state index in [1.807, 2.05) is 29.9 Å². The van der Waals surface area contributed by atoms with Crippen LogP contribution in [0, 0.1) is 0 Å². The maximum atomic E-state index is 11.7. The highest BCUT2D eigenvalue weighted by Crippen LogP contribution is 2.06. The summed E-state index contributed by atoms with van der Waals surface area (Å²) in [6.45, 7) is 0.261. The molecule has 0 saturated carbocycles. The first-order valence-electron chi connectivity index (χ1n) is 4.68. The molecular weight excluding hydrogens is 228 g/mol. The van der Waals surface area contributed by atoms with Crippen molar-refractivity contribution >= 4 is 10.0 Å². The third kappa shape index (κ3) is 2.15. The van der Waals surface area contributed by atoms with Gasteiger partial charge in [-0.25, -0.2) is 13.1 Å². The topological polar surface area (TPSA) is 79.8 Å². The fraction of sp³-hybridized carbons (Fsp3) is 0.222. The van der Waals surface area contributed by atoms with Gasteiger partial charge in [-0.3, -0.25) is 5.10 Å². The number of rotatable bonds is 4. The molecule has 0 amide bonds. The van der Waals surface area contributed by atoms with Crippen LogP contribution in [0.15, 0.2) is 35.6 Å². The molecule has 2 rings (SSSR count). The first kappa shape index (κ1) is 10.9. The quantitative estimate of drug-likeness (QED) is 0.802. The number of nitrogens with zero attached hydrogens (tertiary/aromatic N) is 2. The van der Waals surface area contributed by atoms with Crippen LogP contribution in [-0.2, 0) is 23.6 Å². The van der Waals surface area contributed by atoms with Crippen LogP contribution in [0.25, 0.3) is 0 Å². The second-order valence-electron chi connectivity index (χ2n) is 3.37. The van der Waals surface area contributed by atoms with Crippen molar-refractivity contribution < 1.29 is 8.42 Å². The molecule has 0 atom stereocenters. The summed E-state index contributed by atoms with van der Waals surface area (Å²) in [5, 5.41) is 6.07. The number of nitrogens with one attached hydrogen (secondary N) is 2. The zero-order chi connectivity index (χ0) is 11.6. The van der Waals surface area contributed by atoms with Crippen molar-refractivity contribution in [2.24, 2.45) is 7.05 Å². The molecule has 0 aliphatic carbocycles. The van der Waals surface area contributed by atoms with E-state index in [1.165, 1.54) is 12.4 Å². The van der Waals surface area contributed by atoms with Gasteiger partial charge in [0.15, 0.2) is 0 Å². The minimum absolute atomic E-state index is 0.140. The monoisotopic (exact) mass is 240 g/mol. The van der Waals surface area contributed by atoms with E-state index in [2.05, 4.69) is 14.9 Å². The van der Waals surface area contributed by atoms with Gasteiger partial charge in [0.25, 0.3) is 0 Å². The maximum absolute atomic E-state index is 11.7. The van der Waals surface area contributed by atoms with E-state index in [4.69, 9.17) is 0 Å². The molecule has 0 aliphatic heterocycles. The number of hydrogen-bond acceptors (Lipinski definition) is 3. The Balaban J connectivity index is 2.09. The van der Waals surface area contributed by atoms with Gasteiger partial charge < -0.3 is 4.57 Å².